The van der Waals surface area contributed by atoms with E-state index in [0.717, 1.165) is 42.8 Å². The minimum Gasteiger partial charge on any atom is -0.489 e. The van der Waals surface area contributed by atoms with Crippen LogP contribution in [0.15, 0.2) is 84.9 Å². The number of benzene rings is 3. The van der Waals surface area contributed by atoms with E-state index in [1.807, 2.05) is 48.5 Å². The highest BCUT2D eigenvalue weighted by atomic mass is 16.5. The Morgan fingerprint density at radius 3 is 2.14 bits per heavy atom. The van der Waals surface area contributed by atoms with Crippen LogP contribution in [0.2, 0.25) is 0 Å². The summed E-state index contributed by atoms with van der Waals surface area (Å²) in [5, 5.41) is 11.3. The maximum atomic E-state index is 11.3. The third kappa shape index (κ3) is 4.61. The van der Waals surface area contributed by atoms with Crippen LogP contribution in [0.4, 0.5) is 0 Å². The summed E-state index contributed by atoms with van der Waals surface area (Å²) in [5.41, 5.74) is 2.60. The van der Waals surface area contributed by atoms with E-state index >= 15 is 0 Å². The number of hydrogen-bond donors (Lipinski definition) is 1. The summed E-state index contributed by atoms with van der Waals surface area (Å²) in [5.74, 6) is 0.827. The first kappa shape index (κ1) is 18.7. The van der Waals surface area contributed by atoms with Crippen molar-refractivity contribution in [2.24, 2.45) is 0 Å². The zero-order chi connectivity index (χ0) is 19.2. The molecule has 3 aromatic carbocycles. The van der Waals surface area contributed by atoms with Gasteiger partial charge in [0, 0.05) is 13.1 Å². The molecule has 3 nitrogen and oxygen atoms in total. The van der Waals surface area contributed by atoms with Crippen molar-refractivity contribution in [3.63, 3.8) is 0 Å². The molecule has 0 aromatic heterocycles. The van der Waals surface area contributed by atoms with E-state index in [4.69, 9.17) is 4.74 Å². The van der Waals surface area contributed by atoms with Crippen LogP contribution in [0.3, 0.4) is 0 Å². The van der Waals surface area contributed by atoms with Gasteiger partial charge >= 0.3 is 0 Å². The summed E-state index contributed by atoms with van der Waals surface area (Å²) in [4.78, 5) is 2.35. The fraction of sp³-hybridized carbons (Fsp3) is 0.280. The topological polar surface area (TPSA) is 32.7 Å². The summed E-state index contributed by atoms with van der Waals surface area (Å²) < 4.78 is 5.88. The van der Waals surface area contributed by atoms with Crippen molar-refractivity contribution in [1.82, 2.24) is 4.90 Å². The molecule has 1 unspecified atom stereocenters. The molecule has 0 amide bonds. The molecule has 1 N–H and O–H groups in total. The molecule has 0 bridgehead atoms. The van der Waals surface area contributed by atoms with Crippen LogP contribution >= 0.6 is 0 Å². The Hall–Kier alpha value is -2.62. The van der Waals surface area contributed by atoms with E-state index in [1.165, 1.54) is 5.56 Å². The third-order valence-electron chi connectivity index (χ3n) is 5.44. The molecule has 1 fully saturated rings. The predicted octanol–water partition coefficient (Wildman–Crippen LogP) is 4.75. The van der Waals surface area contributed by atoms with Crippen LogP contribution in [0.5, 0.6) is 5.75 Å². The number of ether oxygens (including phenoxy) is 1. The van der Waals surface area contributed by atoms with Crippen LogP contribution in [0, 0.1) is 0 Å². The van der Waals surface area contributed by atoms with Gasteiger partial charge in [-0.2, -0.15) is 0 Å². The first-order valence-corrected chi connectivity index (χ1v) is 9.97. The Morgan fingerprint density at radius 1 is 0.821 bits per heavy atom. The molecular formula is C25H27NO2. The van der Waals surface area contributed by atoms with Gasteiger partial charge in [-0.1, -0.05) is 72.8 Å². The van der Waals surface area contributed by atoms with Crippen molar-refractivity contribution in [3.8, 4) is 5.75 Å². The molecule has 1 heterocycles. The molecule has 1 aliphatic rings. The molecule has 4 rings (SSSR count). The lowest BCUT2D eigenvalue weighted by Crippen LogP contribution is -2.45. The van der Waals surface area contributed by atoms with Gasteiger partial charge in [0.25, 0.3) is 0 Å². The minimum atomic E-state index is -0.801. The van der Waals surface area contributed by atoms with Gasteiger partial charge in [-0.15, -0.1) is 0 Å². The Labute approximate surface area is 167 Å². The zero-order valence-electron chi connectivity index (χ0n) is 16.1. The Kier molecular flexibility index (Phi) is 5.75. The summed E-state index contributed by atoms with van der Waals surface area (Å²) >= 11 is 0. The molecule has 1 atom stereocenters. The van der Waals surface area contributed by atoms with E-state index in [1.54, 1.807) is 0 Å². The second-order valence-corrected chi connectivity index (χ2v) is 7.63. The standard InChI is InChI=1S/C25H27NO2/c27-25(16-7-17-26(20-25)18-21-8-3-1-4-9-21)23-12-14-24(15-13-23)28-19-22-10-5-2-6-11-22/h1-6,8-15,27H,7,16-20H2. The number of hydrogen-bond acceptors (Lipinski definition) is 3. The second-order valence-electron chi connectivity index (χ2n) is 7.63. The second kappa shape index (κ2) is 8.59. The van der Waals surface area contributed by atoms with Crippen LogP contribution in [0.25, 0.3) is 0 Å². The predicted molar refractivity (Wildman–Crippen MR) is 112 cm³/mol. The van der Waals surface area contributed by atoms with E-state index in [0.29, 0.717) is 13.2 Å². The SMILES string of the molecule is OC1(c2ccc(OCc3ccccc3)cc2)CCCN(Cc2ccccc2)C1. The van der Waals surface area contributed by atoms with E-state index in [2.05, 4.69) is 41.3 Å². The quantitative estimate of drug-likeness (QED) is 0.677. The van der Waals surface area contributed by atoms with Crippen LogP contribution in [-0.4, -0.2) is 23.1 Å². The van der Waals surface area contributed by atoms with E-state index < -0.39 is 5.60 Å². The molecule has 0 saturated carbocycles. The molecule has 0 spiro atoms. The average molecular weight is 373 g/mol. The van der Waals surface area contributed by atoms with Gasteiger partial charge in [0.05, 0.1) is 0 Å². The minimum absolute atomic E-state index is 0.551. The van der Waals surface area contributed by atoms with Gasteiger partial charge in [-0.25, -0.2) is 0 Å². The smallest absolute Gasteiger partial charge is 0.119 e. The normalized spacial score (nSPS) is 20.0. The van der Waals surface area contributed by atoms with Crippen molar-refractivity contribution in [1.29, 1.82) is 0 Å². The van der Waals surface area contributed by atoms with Gasteiger partial charge in [0.2, 0.25) is 0 Å². The molecule has 1 aliphatic heterocycles. The Bertz CT molecular complexity index is 864. The molecule has 3 aromatic rings. The number of rotatable bonds is 6. The van der Waals surface area contributed by atoms with Gasteiger partial charge in [0.15, 0.2) is 0 Å². The summed E-state index contributed by atoms with van der Waals surface area (Å²) in [6.45, 7) is 3.11. The van der Waals surface area contributed by atoms with Crippen LogP contribution in [-0.2, 0) is 18.8 Å². The van der Waals surface area contributed by atoms with Crippen molar-refractivity contribution < 1.29 is 9.84 Å². The highest BCUT2D eigenvalue weighted by Gasteiger charge is 2.34. The van der Waals surface area contributed by atoms with Gasteiger partial charge < -0.3 is 9.84 Å². The van der Waals surface area contributed by atoms with Crippen molar-refractivity contribution in [3.05, 3.63) is 102 Å². The maximum Gasteiger partial charge on any atom is 0.119 e. The van der Waals surface area contributed by atoms with Gasteiger partial charge in [-0.3, -0.25) is 4.90 Å². The summed E-state index contributed by atoms with van der Waals surface area (Å²) in [6.07, 6.45) is 1.79. The van der Waals surface area contributed by atoms with Crippen molar-refractivity contribution >= 4 is 0 Å². The summed E-state index contributed by atoms with van der Waals surface area (Å²) in [7, 11) is 0. The van der Waals surface area contributed by atoms with E-state index in [9.17, 15) is 5.11 Å². The molecule has 0 aliphatic carbocycles. The fourth-order valence-corrected chi connectivity index (χ4v) is 3.94. The Morgan fingerprint density at radius 2 is 1.46 bits per heavy atom. The lowest BCUT2D eigenvalue weighted by molar-refractivity contribution is -0.0381. The first-order valence-electron chi connectivity index (χ1n) is 9.97. The lowest BCUT2D eigenvalue weighted by atomic mass is 9.85. The highest BCUT2D eigenvalue weighted by Crippen LogP contribution is 2.33. The molecule has 0 radical (unpaired) electrons. The third-order valence-corrected chi connectivity index (χ3v) is 5.44. The largest absolute Gasteiger partial charge is 0.489 e. The number of likely N-dealkylation sites (tertiary alicyclic amines) is 1. The average Bonchev–Trinajstić information content (AvgIpc) is 2.74. The molecular weight excluding hydrogens is 346 g/mol. The number of nitrogens with zero attached hydrogens (tertiary/aromatic N) is 1. The van der Waals surface area contributed by atoms with Gasteiger partial charge in [-0.05, 0) is 48.2 Å². The Balaban J connectivity index is 1.39. The lowest BCUT2D eigenvalue weighted by Gasteiger charge is -2.39. The maximum absolute atomic E-state index is 11.3. The number of aliphatic hydroxyl groups is 1. The van der Waals surface area contributed by atoms with Crippen molar-refractivity contribution in [2.75, 3.05) is 13.1 Å². The van der Waals surface area contributed by atoms with Gasteiger partial charge in [0.1, 0.15) is 18.0 Å². The van der Waals surface area contributed by atoms with Crippen LogP contribution in [0.1, 0.15) is 29.5 Å². The monoisotopic (exact) mass is 373 g/mol. The highest BCUT2D eigenvalue weighted by molar-refractivity contribution is 5.32. The van der Waals surface area contributed by atoms with E-state index in [-0.39, 0.29) is 0 Å². The molecule has 3 heteroatoms. The number of piperidine rings is 1. The zero-order valence-corrected chi connectivity index (χ0v) is 16.1. The molecule has 1 saturated heterocycles. The molecule has 144 valence electrons. The fourth-order valence-electron chi connectivity index (χ4n) is 3.94. The first-order chi connectivity index (χ1) is 13.7. The number of β-amino-alcohol motifs (C(OH)–C–C–N with tert-alkyl or cyclic N) is 1. The molecule has 28 heavy (non-hydrogen) atoms. The summed E-state index contributed by atoms with van der Waals surface area (Å²) in [6, 6.07) is 28.6. The van der Waals surface area contributed by atoms with Crippen LogP contribution < -0.4 is 4.74 Å². The van der Waals surface area contributed by atoms with Crippen molar-refractivity contribution in [2.45, 2.75) is 31.6 Å².